The summed E-state index contributed by atoms with van der Waals surface area (Å²) in [6.07, 6.45) is 0. The number of aromatic carboxylic acids is 1. The number of benzene rings is 2. The van der Waals surface area contributed by atoms with Crippen molar-refractivity contribution in [3.8, 4) is 16.9 Å². The number of nitrogens with zero attached hydrogens (tertiary/aromatic N) is 2. The number of hydrogen-bond acceptors (Lipinski definition) is 2. The van der Waals surface area contributed by atoms with Gasteiger partial charge >= 0.3 is 5.97 Å². The Morgan fingerprint density at radius 1 is 1.00 bits per heavy atom. The predicted octanol–water partition coefficient (Wildman–Crippen LogP) is 3.72. The Labute approximate surface area is 131 Å². The molecule has 2 heterocycles. The number of carboxylic acid groups (broad SMARTS) is 1. The van der Waals surface area contributed by atoms with Gasteiger partial charge in [-0.05, 0) is 18.2 Å². The number of aromatic nitrogens is 3. The Hall–Kier alpha value is -3.34. The average Bonchev–Trinajstić information content (AvgIpc) is 3.16. The van der Waals surface area contributed by atoms with Crippen molar-refractivity contribution in [2.24, 2.45) is 0 Å². The van der Waals surface area contributed by atoms with Crippen LogP contribution in [0.25, 0.3) is 28.0 Å². The molecule has 5 heteroatoms. The number of carboxylic acids is 1. The molecule has 0 amide bonds. The summed E-state index contributed by atoms with van der Waals surface area (Å²) < 4.78 is 1.74. The van der Waals surface area contributed by atoms with Gasteiger partial charge in [0.1, 0.15) is 17.0 Å². The molecule has 2 aromatic heterocycles. The molecule has 0 aliphatic carbocycles. The van der Waals surface area contributed by atoms with Crippen molar-refractivity contribution in [1.29, 1.82) is 0 Å². The molecule has 0 aliphatic rings. The molecule has 5 nitrogen and oxygen atoms in total. The molecule has 0 atom stereocenters. The Morgan fingerprint density at radius 2 is 1.65 bits per heavy atom. The summed E-state index contributed by atoms with van der Waals surface area (Å²) in [5.41, 5.74) is 3.40. The van der Waals surface area contributed by atoms with Gasteiger partial charge in [0, 0.05) is 10.9 Å². The number of hydrogen-bond donors (Lipinski definition) is 2. The van der Waals surface area contributed by atoms with Crippen LogP contribution in [0.4, 0.5) is 0 Å². The van der Waals surface area contributed by atoms with Crippen molar-refractivity contribution in [3.05, 3.63) is 72.4 Å². The monoisotopic (exact) mass is 303 g/mol. The first kappa shape index (κ1) is 13.3. The van der Waals surface area contributed by atoms with Gasteiger partial charge in [-0.25, -0.2) is 9.48 Å². The van der Waals surface area contributed by atoms with E-state index < -0.39 is 5.97 Å². The van der Waals surface area contributed by atoms with Gasteiger partial charge in [-0.1, -0.05) is 48.5 Å². The second-order valence-corrected chi connectivity index (χ2v) is 5.21. The van der Waals surface area contributed by atoms with E-state index in [0.717, 1.165) is 22.3 Å². The third kappa shape index (κ3) is 2.19. The van der Waals surface area contributed by atoms with Crippen LogP contribution in [0.15, 0.2) is 66.7 Å². The lowest BCUT2D eigenvalue weighted by Crippen LogP contribution is -2.00. The molecule has 2 N–H and O–H groups in total. The van der Waals surface area contributed by atoms with Crippen molar-refractivity contribution in [2.75, 3.05) is 0 Å². The quantitative estimate of drug-likeness (QED) is 0.606. The average molecular weight is 303 g/mol. The van der Waals surface area contributed by atoms with E-state index in [0.29, 0.717) is 5.65 Å². The minimum Gasteiger partial charge on any atom is -0.477 e. The van der Waals surface area contributed by atoms with Gasteiger partial charge in [0.2, 0.25) is 0 Å². The molecular formula is C18H13N3O2. The Morgan fingerprint density at radius 3 is 2.30 bits per heavy atom. The third-order valence-electron chi connectivity index (χ3n) is 3.74. The number of fused-ring (bicyclic) bond motifs is 1. The summed E-state index contributed by atoms with van der Waals surface area (Å²) >= 11 is 0. The summed E-state index contributed by atoms with van der Waals surface area (Å²) in [7, 11) is 0. The molecule has 0 fully saturated rings. The summed E-state index contributed by atoms with van der Waals surface area (Å²) in [6.45, 7) is 0. The number of nitrogens with one attached hydrogen (secondary N) is 1. The molecule has 0 saturated carbocycles. The smallest absolute Gasteiger partial charge is 0.352 e. The normalized spacial score (nSPS) is 11.0. The number of H-pyrrole nitrogens is 1. The van der Waals surface area contributed by atoms with Gasteiger partial charge < -0.3 is 10.1 Å². The summed E-state index contributed by atoms with van der Waals surface area (Å²) in [6, 6.07) is 21.0. The van der Waals surface area contributed by atoms with Crippen molar-refractivity contribution < 1.29 is 9.90 Å². The van der Waals surface area contributed by atoms with Crippen molar-refractivity contribution in [1.82, 2.24) is 14.8 Å². The molecule has 0 bridgehead atoms. The number of carbonyl (C=O) groups is 1. The van der Waals surface area contributed by atoms with Crippen LogP contribution in [0.5, 0.6) is 0 Å². The first-order valence-corrected chi connectivity index (χ1v) is 7.20. The molecule has 23 heavy (non-hydrogen) atoms. The van der Waals surface area contributed by atoms with Crippen LogP contribution in [-0.4, -0.2) is 25.8 Å². The van der Waals surface area contributed by atoms with Crippen molar-refractivity contribution in [3.63, 3.8) is 0 Å². The molecule has 0 radical (unpaired) electrons. The van der Waals surface area contributed by atoms with Crippen molar-refractivity contribution in [2.45, 2.75) is 0 Å². The van der Waals surface area contributed by atoms with E-state index in [9.17, 15) is 9.90 Å². The summed E-state index contributed by atoms with van der Waals surface area (Å²) in [4.78, 5) is 14.3. The highest BCUT2D eigenvalue weighted by Crippen LogP contribution is 2.30. The lowest BCUT2D eigenvalue weighted by molar-refractivity contribution is 0.0691. The van der Waals surface area contributed by atoms with Crippen LogP contribution in [-0.2, 0) is 0 Å². The Balaban J connectivity index is 2.02. The highest BCUT2D eigenvalue weighted by atomic mass is 16.4. The standard InChI is InChI=1S/C18H13N3O2/c22-18(23)15-11-14-16(12-7-3-1-4-8-12)20-21(17(14)19-15)13-9-5-2-6-10-13/h1-11,19H,(H,22,23). The zero-order valence-corrected chi connectivity index (χ0v) is 12.1. The Bertz CT molecular complexity index is 913. The molecule has 0 aliphatic heterocycles. The zero-order chi connectivity index (χ0) is 15.8. The maximum Gasteiger partial charge on any atom is 0.352 e. The van der Waals surface area contributed by atoms with E-state index in [2.05, 4.69) is 10.1 Å². The fourth-order valence-corrected chi connectivity index (χ4v) is 2.68. The molecule has 2 aromatic carbocycles. The fraction of sp³-hybridized carbons (Fsp3) is 0. The summed E-state index contributed by atoms with van der Waals surface area (Å²) in [5, 5.41) is 14.7. The first-order valence-electron chi connectivity index (χ1n) is 7.20. The van der Waals surface area contributed by atoms with Gasteiger partial charge in [-0.3, -0.25) is 0 Å². The largest absolute Gasteiger partial charge is 0.477 e. The highest BCUT2D eigenvalue weighted by molar-refractivity contribution is 5.99. The third-order valence-corrected chi connectivity index (χ3v) is 3.74. The lowest BCUT2D eigenvalue weighted by atomic mass is 10.1. The second kappa shape index (κ2) is 5.14. The molecule has 4 aromatic rings. The van der Waals surface area contributed by atoms with Crippen LogP contribution in [0, 0.1) is 0 Å². The van der Waals surface area contributed by atoms with E-state index in [1.54, 1.807) is 10.7 Å². The molecule has 0 unspecified atom stereocenters. The van der Waals surface area contributed by atoms with E-state index in [4.69, 9.17) is 0 Å². The van der Waals surface area contributed by atoms with Crippen LogP contribution in [0.1, 0.15) is 10.5 Å². The molecular weight excluding hydrogens is 290 g/mol. The maximum atomic E-state index is 11.3. The predicted molar refractivity (Wildman–Crippen MR) is 87.8 cm³/mol. The summed E-state index contributed by atoms with van der Waals surface area (Å²) in [5.74, 6) is -0.986. The molecule has 112 valence electrons. The molecule has 0 saturated heterocycles. The van der Waals surface area contributed by atoms with Gasteiger partial charge in [0.05, 0.1) is 5.69 Å². The molecule has 4 rings (SSSR count). The van der Waals surface area contributed by atoms with Gasteiger partial charge in [-0.2, -0.15) is 5.10 Å². The van der Waals surface area contributed by atoms with Crippen LogP contribution < -0.4 is 0 Å². The minimum absolute atomic E-state index is 0.152. The van der Waals surface area contributed by atoms with Crippen LogP contribution in [0.2, 0.25) is 0 Å². The topological polar surface area (TPSA) is 70.9 Å². The van der Waals surface area contributed by atoms with Gasteiger partial charge in [0.25, 0.3) is 0 Å². The highest BCUT2D eigenvalue weighted by Gasteiger charge is 2.18. The lowest BCUT2D eigenvalue weighted by Gasteiger charge is -2.02. The van der Waals surface area contributed by atoms with E-state index in [1.807, 2.05) is 60.7 Å². The van der Waals surface area contributed by atoms with E-state index in [-0.39, 0.29) is 5.69 Å². The number of para-hydroxylation sites is 1. The maximum absolute atomic E-state index is 11.3. The molecule has 0 spiro atoms. The zero-order valence-electron chi connectivity index (χ0n) is 12.1. The fourth-order valence-electron chi connectivity index (χ4n) is 2.68. The first-order chi connectivity index (χ1) is 11.2. The minimum atomic E-state index is -0.986. The van der Waals surface area contributed by atoms with E-state index >= 15 is 0 Å². The second-order valence-electron chi connectivity index (χ2n) is 5.21. The number of rotatable bonds is 3. The Kier molecular flexibility index (Phi) is 2.98. The SMILES string of the molecule is O=C(O)c1cc2c(-c3ccccc3)nn(-c3ccccc3)c2[nH]1. The van der Waals surface area contributed by atoms with Crippen LogP contribution >= 0.6 is 0 Å². The van der Waals surface area contributed by atoms with Gasteiger partial charge in [-0.15, -0.1) is 0 Å². The van der Waals surface area contributed by atoms with Gasteiger partial charge in [0.15, 0.2) is 0 Å². The number of aromatic amines is 1. The van der Waals surface area contributed by atoms with Crippen LogP contribution in [0.3, 0.4) is 0 Å². The van der Waals surface area contributed by atoms with Crippen molar-refractivity contribution >= 4 is 17.0 Å². The van der Waals surface area contributed by atoms with E-state index in [1.165, 1.54) is 0 Å².